The maximum Gasteiger partial charge on any atom is 0.408 e. The Kier molecular flexibility index (Phi) is 11.7. The van der Waals surface area contributed by atoms with Gasteiger partial charge in [0.2, 0.25) is 11.8 Å². The van der Waals surface area contributed by atoms with Crippen molar-refractivity contribution in [3.63, 3.8) is 0 Å². The lowest BCUT2D eigenvalue weighted by Crippen LogP contribution is -2.56. The molecule has 3 amide bonds. The average Bonchev–Trinajstić information content (AvgIpc) is 2.77. The summed E-state index contributed by atoms with van der Waals surface area (Å²) in [4.78, 5) is 53.0. The number of phenols is 1. The van der Waals surface area contributed by atoms with E-state index in [-0.39, 0.29) is 11.7 Å². The third kappa shape index (κ3) is 9.75. The lowest BCUT2D eigenvalue weighted by Gasteiger charge is -2.38. The first-order valence-electron chi connectivity index (χ1n) is 12.1. The van der Waals surface area contributed by atoms with Gasteiger partial charge in [-0.15, -0.1) is 0 Å². The molecule has 10 nitrogen and oxygen atoms in total. The fourth-order valence-electron chi connectivity index (χ4n) is 3.58. The molecule has 36 heavy (non-hydrogen) atoms. The number of carbonyl (C=O) groups excluding carboxylic acids is 4. The molecule has 0 aliphatic heterocycles. The number of benzene rings is 1. The van der Waals surface area contributed by atoms with Crippen molar-refractivity contribution in [2.24, 2.45) is 5.92 Å². The highest BCUT2D eigenvalue weighted by Gasteiger charge is 2.39. The summed E-state index contributed by atoms with van der Waals surface area (Å²) in [6.45, 7) is 12.3. The van der Waals surface area contributed by atoms with Crippen LogP contribution < -0.4 is 10.6 Å². The van der Waals surface area contributed by atoms with Crippen LogP contribution in [0.1, 0.15) is 72.9 Å². The van der Waals surface area contributed by atoms with E-state index >= 15 is 0 Å². The van der Waals surface area contributed by atoms with Crippen LogP contribution in [0.15, 0.2) is 24.3 Å². The predicted octanol–water partition coefficient (Wildman–Crippen LogP) is 3.29. The van der Waals surface area contributed by atoms with Gasteiger partial charge in [-0.05, 0) is 64.2 Å². The quantitative estimate of drug-likeness (QED) is 0.391. The number of amides is 3. The topological polar surface area (TPSA) is 134 Å². The SMILES string of the molecule is CCC(C)N(C(=O)C(CC(C)C)NC(=O)OC(C)(C)C)C(C(=O)NCC(=O)OC)c1cccc(O)c1. The van der Waals surface area contributed by atoms with Crippen LogP contribution >= 0.6 is 0 Å². The number of hydrogen-bond donors (Lipinski definition) is 3. The van der Waals surface area contributed by atoms with Crippen LogP contribution in [-0.2, 0) is 23.9 Å². The van der Waals surface area contributed by atoms with Gasteiger partial charge in [-0.25, -0.2) is 4.79 Å². The second-order valence-electron chi connectivity index (χ2n) is 10.1. The lowest BCUT2D eigenvalue weighted by atomic mass is 9.97. The monoisotopic (exact) mass is 507 g/mol. The van der Waals surface area contributed by atoms with E-state index in [2.05, 4.69) is 15.4 Å². The number of rotatable bonds is 11. The van der Waals surface area contributed by atoms with E-state index in [4.69, 9.17) is 4.74 Å². The third-order valence-electron chi connectivity index (χ3n) is 5.36. The molecule has 0 aromatic heterocycles. The number of phenolic OH excluding ortho intramolecular Hbond substituents is 1. The normalized spacial score (nSPS) is 13.8. The van der Waals surface area contributed by atoms with Crippen LogP contribution in [0.25, 0.3) is 0 Å². The Morgan fingerprint density at radius 2 is 1.75 bits per heavy atom. The van der Waals surface area contributed by atoms with Crippen LogP contribution in [0.3, 0.4) is 0 Å². The molecule has 0 bridgehead atoms. The van der Waals surface area contributed by atoms with Gasteiger partial charge in [-0.3, -0.25) is 14.4 Å². The third-order valence-corrected chi connectivity index (χ3v) is 5.36. The number of methoxy groups -OCH3 is 1. The number of aromatic hydroxyl groups is 1. The molecule has 0 radical (unpaired) electrons. The summed E-state index contributed by atoms with van der Waals surface area (Å²) in [6, 6.07) is 3.45. The van der Waals surface area contributed by atoms with Gasteiger partial charge in [0.15, 0.2) is 0 Å². The van der Waals surface area contributed by atoms with Gasteiger partial charge < -0.3 is 30.1 Å². The van der Waals surface area contributed by atoms with Crippen LogP contribution in [0.2, 0.25) is 0 Å². The number of nitrogens with one attached hydrogen (secondary N) is 2. The van der Waals surface area contributed by atoms with Crippen molar-refractivity contribution < 1.29 is 33.8 Å². The largest absolute Gasteiger partial charge is 0.508 e. The molecule has 1 aromatic rings. The minimum absolute atomic E-state index is 0.0417. The molecule has 0 aliphatic rings. The minimum atomic E-state index is -1.18. The Balaban J connectivity index is 3.51. The van der Waals surface area contributed by atoms with E-state index < -0.39 is 54.1 Å². The highest BCUT2D eigenvalue weighted by Crippen LogP contribution is 2.29. The van der Waals surface area contributed by atoms with Gasteiger partial charge >= 0.3 is 12.1 Å². The molecule has 0 saturated heterocycles. The van der Waals surface area contributed by atoms with E-state index in [9.17, 15) is 24.3 Å². The van der Waals surface area contributed by atoms with Gasteiger partial charge in [-0.1, -0.05) is 32.9 Å². The first-order chi connectivity index (χ1) is 16.7. The Labute approximate surface area is 213 Å². The highest BCUT2D eigenvalue weighted by atomic mass is 16.6. The van der Waals surface area contributed by atoms with Crippen molar-refractivity contribution in [2.45, 2.75) is 85.0 Å². The van der Waals surface area contributed by atoms with Crippen LogP contribution in [-0.4, -0.2) is 65.2 Å². The molecule has 0 spiro atoms. The second-order valence-corrected chi connectivity index (χ2v) is 10.1. The summed E-state index contributed by atoms with van der Waals surface area (Å²) in [5.74, 6) is -1.80. The smallest absolute Gasteiger partial charge is 0.408 e. The van der Waals surface area contributed by atoms with Gasteiger partial charge in [0, 0.05) is 6.04 Å². The van der Waals surface area contributed by atoms with Gasteiger partial charge in [0.1, 0.15) is 30.0 Å². The fourth-order valence-corrected chi connectivity index (χ4v) is 3.58. The molecular formula is C26H41N3O7. The highest BCUT2D eigenvalue weighted by molar-refractivity contribution is 5.93. The summed E-state index contributed by atoms with van der Waals surface area (Å²) >= 11 is 0. The first-order valence-corrected chi connectivity index (χ1v) is 12.1. The maximum absolute atomic E-state index is 14.0. The fraction of sp³-hybridized carbons (Fsp3) is 0.615. The first kappa shape index (κ1) is 30.7. The average molecular weight is 508 g/mol. The van der Waals surface area contributed by atoms with Crippen LogP contribution in [0, 0.1) is 5.92 Å². The van der Waals surface area contributed by atoms with Crippen molar-refractivity contribution in [3.8, 4) is 5.75 Å². The number of esters is 1. The van der Waals surface area contributed by atoms with E-state index in [0.29, 0.717) is 18.4 Å². The molecule has 3 atom stereocenters. The van der Waals surface area contributed by atoms with Crippen molar-refractivity contribution in [1.29, 1.82) is 0 Å². The Morgan fingerprint density at radius 3 is 2.25 bits per heavy atom. The summed E-state index contributed by atoms with van der Waals surface area (Å²) in [5.41, 5.74) is -0.407. The molecule has 0 fully saturated rings. The van der Waals surface area contributed by atoms with E-state index in [1.165, 1.54) is 24.1 Å². The second kappa shape index (κ2) is 13.7. The van der Waals surface area contributed by atoms with Gasteiger partial charge in [-0.2, -0.15) is 0 Å². The van der Waals surface area contributed by atoms with Crippen molar-refractivity contribution in [3.05, 3.63) is 29.8 Å². The molecule has 1 aromatic carbocycles. The summed E-state index contributed by atoms with van der Waals surface area (Å²) in [6.07, 6.45) is 0.0722. The summed E-state index contributed by atoms with van der Waals surface area (Å²) in [5, 5.41) is 15.3. The van der Waals surface area contributed by atoms with Crippen molar-refractivity contribution in [1.82, 2.24) is 15.5 Å². The van der Waals surface area contributed by atoms with E-state index in [0.717, 1.165) is 0 Å². The number of carbonyl (C=O) groups is 4. The Bertz CT molecular complexity index is 911. The zero-order valence-electron chi connectivity index (χ0n) is 22.6. The molecular weight excluding hydrogens is 466 g/mol. The van der Waals surface area contributed by atoms with Crippen LogP contribution in [0.5, 0.6) is 5.75 Å². The zero-order valence-corrected chi connectivity index (χ0v) is 22.6. The molecule has 0 heterocycles. The summed E-state index contributed by atoms with van der Waals surface area (Å²) < 4.78 is 9.98. The molecule has 3 N–H and O–H groups in total. The molecule has 0 aliphatic carbocycles. The molecule has 1 rings (SSSR count). The van der Waals surface area contributed by atoms with Gasteiger partial charge in [0.25, 0.3) is 0 Å². The van der Waals surface area contributed by atoms with Crippen molar-refractivity contribution >= 4 is 23.9 Å². The van der Waals surface area contributed by atoms with Gasteiger partial charge in [0.05, 0.1) is 7.11 Å². The number of alkyl carbamates (subject to hydrolysis) is 1. The standard InChI is InChI=1S/C26H41N3O7/c1-9-17(4)29(24(33)20(13-16(2)3)28-25(34)36-26(5,6)7)22(18-11-10-12-19(30)14-18)23(32)27-15-21(31)35-8/h10-12,14,16-17,20,22,30H,9,13,15H2,1-8H3,(H,27,32)(H,28,34). The number of hydrogen-bond acceptors (Lipinski definition) is 7. The lowest BCUT2D eigenvalue weighted by molar-refractivity contribution is -0.146. The molecule has 10 heteroatoms. The molecule has 0 saturated carbocycles. The predicted molar refractivity (Wildman–Crippen MR) is 135 cm³/mol. The van der Waals surface area contributed by atoms with Crippen LogP contribution in [0.4, 0.5) is 4.79 Å². The number of nitrogens with zero attached hydrogens (tertiary/aromatic N) is 1. The Hall–Kier alpha value is -3.30. The molecule has 202 valence electrons. The van der Waals surface area contributed by atoms with E-state index in [1.54, 1.807) is 39.8 Å². The molecule has 3 unspecified atom stereocenters. The number of ether oxygens (including phenoxy) is 2. The van der Waals surface area contributed by atoms with E-state index in [1.807, 2.05) is 20.8 Å². The van der Waals surface area contributed by atoms with Crippen molar-refractivity contribution in [2.75, 3.05) is 13.7 Å². The zero-order chi connectivity index (χ0) is 27.6. The summed E-state index contributed by atoms with van der Waals surface area (Å²) in [7, 11) is 1.20. The minimum Gasteiger partial charge on any atom is -0.508 e. The maximum atomic E-state index is 14.0. The Morgan fingerprint density at radius 1 is 1.11 bits per heavy atom.